The van der Waals surface area contributed by atoms with Crippen LogP contribution in [-0.4, -0.2) is 25.3 Å². The van der Waals surface area contributed by atoms with Crippen LogP contribution in [0.4, 0.5) is 0 Å². The number of hydrogen-bond acceptors (Lipinski definition) is 2. The van der Waals surface area contributed by atoms with Crippen molar-refractivity contribution in [2.45, 2.75) is 50.7 Å². The van der Waals surface area contributed by atoms with Crippen LogP contribution in [0.2, 0.25) is 0 Å². The van der Waals surface area contributed by atoms with E-state index in [4.69, 9.17) is 4.74 Å². The largest absolute Gasteiger partial charge is 0.376 e. The van der Waals surface area contributed by atoms with Crippen LogP contribution < -0.4 is 5.32 Å². The zero-order chi connectivity index (χ0) is 10.4. The first-order chi connectivity index (χ1) is 6.79. The second-order valence-corrected chi connectivity index (χ2v) is 4.10. The summed E-state index contributed by atoms with van der Waals surface area (Å²) in [5.74, 6) is 0. The van der Waals surface area contributed by atoms with E-state index in [1.165, 1.54) is 19.3 Å². The molecule has 0 aromatic rings. The molecule has 0 bridgehead atoms. The minimum atomic E-state index is 0.00993. The van der Waals surface area contributed by atoms with Gasteiger partial charge in [0.25, 0.3) is 0 Å². The lowest BCUT2D eigenvalue weighted by Gasteiger charge is -2.41. The third-order valence-corrected chi connectivity index (χ3v) is 3.33. The summed E-state index contributed by atoms with van der Waals surface area (Å²) in [7, 11) is 1.83. The molecule has 1 aliphatic carbocycles. The van der Waals surface area contributed by atoms with Crippen molar-refractivity contribution in [1.82, 2.24) is 5.32 Å². The van der Waals surface area contributed by atoms with Crippen molar-refractivity contribution in [3.8, 4) is 0 Å². The number of likely N-dealkylation sites (N-methyl/N-ethyl adjacent to an activating group) is 1. The number of ether oxygens (including phenoxy) is 1. The summed E-state index contributed by atoms with van der Waals surface area (Å²) in [6.07, 6.45) is 8.23. The summed E-state index contributed by atoms with van der Waals surface area (Å²) in [5.41, 5.74) is 0.00993. The number of rotatable bonds is 5. The highest BCUT2D eigenvalue weighted by atomic mass is 16.5. The van der Waals surface area contributed by atoms with Gasteiger partial charge in [-0.2, -0.15) is 0 Å². The summed E-state index contributed by atoms with van der Waals surface area (Å²) in [4.78, 5) is 0. The van der Waals surface area contributed by atoms with Gasteiger partial charge in [-0.1, -0.05) is 32.3 Å². The van der Waals surface area contributed by atoms with Crippen molar-refractivity contribution in [1.29, 1.82) is 0 Å². The average Bonchev–Trinajstić information content (AvgIpc) is 2.27. The van der Waals surface area contributed by atoms with Crippen LogP contribution in [-0.2, 0) is 4.74 Å². The molecule has 0 spiro atoms. The Kier molecular flexibility index (Phi) is 4.63. The van der Waals surface area contributed by atoms with Crippen LogP contribution in [0.3, 0.4) is 0 Å². The Balaban J connectivity index is 2.68. The van der Waals surface area contributed by atoms with E-state index in [0.29, 0.717) is 6.04 Å². The van der Waals surface area contributed by atoms with Crippen molar-refractivity contribution in [2.24, 2.45) is 0 Å². The summed E-state index contributed by atoms with van der Waals surface area (Å²) in [6.45, 7) is 7.01. The summed E-state index contributed by atoms with van der Waals surface area (Å²) in [6, 6.07) is 0.304. The maximum atomic E-state index is 5.75. The van der Waals surface area contributed by atoms with Gasteiger partial charge < -0.3 is 10.1 Å². The third kappa shape index (κ3) is 2.37. The lowest BCUT2D eigenvalue weighted by atomic mass is 9.79. The second kappa shape index (κ2) is 5.52. The fourth-order valence-corrected chi connectivity index (χ4v) is 2.50. The van der Waals surface area contributed by atoms with Gasteiger partial charge in [0.1, 0.15) is 0 Å². The van der Waals surface area contributed by atoms with Crippen LogP contribution in [0.25, 0.3) is 0 Å². The van der Waals surface area contributed by atoms with Gasteiger partial charge in [0.15, 0.2) is 0 Å². The predicted octanol–water partition coefficient (Wildman–Crippen LogP) is 2.50. The minimum Gasteiger partial charge on any atom is -0.376 e. The van der Waals surface area contributed by atoms with Crippen LogP contribution in [0.5, 0.6) is 0 Å². The van der Waals surface area contributed by atoms with E-state index >= 15 is 0 Å². The molecule has 2 heteroatoms. The van der Waals surface area contributed by atoms with Gasteiger partial charge in [-0.15, -0.1) is 6.58 Å². The van der Waals surface area contributed by atoms with Crippen molar-refractivity contribution in [3.63, 3.8) is 0 Å². The molecule has 1 aliphatic rings. The normalized spacial score (nSPS) is 23.0. The molecule has 1 fully saturated rings. The summed E-state index contributed by atoms with van der Waals surface area (Å²) < 4.78 is 5.75. The fraction of sp³-hybridized carbons (Fsp3) is 0.833. The SMILES string of the molecule is C=CC(NCC)C1(OC)CCCCC1. The molecule has 2 nitrogen and oxygen atoms in total. The standard InChI is InChI=1S/C12H23NO/c1-4-11(13-5-2)12(14-3)9-7-6-8-10-12/h4,11,13H,1,5-10H2,2-3H3. The first kappa shape index (κ1) is 11.7. The van der Waals surface area contributed by atoms with Gasteiger partial charge in [0, 0.05) is 7.11 Å². The molecule has 0 aromatic heterocycles. The molecule has 0 radical (unpaired) electrons. The first-order valence-corrected chi connectivity index (χ1v) is 5.70. The van der Waals surface area contributed by atoms with Crippen LogP contribution >= 0.6 is 0 Å². The van der Waals surface area contributed by atoms with E-state index < -0.39 is 0 Å². The summed E-state index contributed by atoms with van der Waals surface area (Å²) in [5, 5.41) is 3.45. The smallest absolute Gasteiger partial charge is 0.0866 e. The quantitative estimate of drug-likeness (QED) is 0.684. The molecule has 0 aliphatic heterocycles. The van der Waals surface area contributed by atoms with E-state index in [0.717, 1.165) is 19.4 Å². The zero-order valence-corrected chi connectivity index (χ0v) is 9.51. The summed E-state index contributed by atoms with van der Waals surface area (Å²) >= 11 is 0. The van der Waals surface area contributed by atoms with Gasteiger partial charge in [-0.25, -0.2) is 0 Å². The van der Waals surface area contributed by atoms with E-state index in [-0.39, 0.29) is 5.60 Å². The predicted molar refractivity (Wildman–Crippen MR) is 60.5 cm³/mol. The van der Waals surface area contributed by atoms with Crippen LogP contribution in [0.15, 0.2) is 12.7 Å². The van der Waals surface area contributed by atoms with Crippen molar-refractivity contribution in [2.75, 3.05) is 13.7 Å². The molecule has 1 unspecified atom stereocenters. The molecule has 1 saturated carbocycles. The van der Waals surface area contributed by atoms with Gasteiger partial charge in [0.05, 0.1) is 11.6 Å². The molecule has 0 aromatic carbocycles. The Labute approximate surface area is 87.7 Å². The Hall–Kier alpha value is -0.340. The van der Waals surface area contributed by atoms with Gasteiger partial charge in [-0.3, -0.25) is 0 Å². The molecule has 1 rings (SSSR count). The van der Waals surface area contributed by atoms with Gasteiger partial charge in [0.2, 0.25) is 0 Å². The minimum absolute atomic E-state index is 0.00993. The molecule has 0 heterocycles. The lowest BCUT2D eigenvalue weighted by molar-refractivity contribution is -0.0556. The molecule has 1 N–H and O–H groups in total. The molecule has 1 atom stereocenters. The van der Waals surface area contributed by atoms with E-state index in [2.05, 4.69) is 18.8 Å². The van der Waals surface area contributed by atoms with Gasteiger partial charge >= 0.3 is 0 Å². The van der Waals surface area contributed by atoms with E-state index in [9.17, 15) is 0 Å². The van der Waals surface area contributed by atoms with Crippen molar-refractivity contribution < 1.29 is 4.74 Å². The molecule has 14 heavy (non-hydrogen) atoms. The van der Waals surface area contributed by atoms with Crippen molar-refractivity contribution in [3.05, 3.63) is 12.7 Å². The fourth-order valence-electron chi connectivity index (χ4n) is 2.50. The Morgan fingerprint density at radius 2 is 2.07 bits per heavy atom. The van der Waals surface area contributed by atoms with E-state index in [1.807, 2.05) is 13.2 Å². The number of nitrogens with one attached hydrogen (secondary N) is 1. The first-order valence-electron chi connectivity index (χ1n) is 5.70. The Morgan fingerprint density at radius 3 is 2.50 bits per heavy atom. The Bertz CT molecular complexity index is 173. The monoisotopic (exact) mass is 197 g/mol. The molecule has 82 valence electrons. The average molecular weight is 197 g/mol. The van der Waals surface area contributed by atoms with Crippen LogP contribution in [0, 0.1) is 0 Å². The number of hydrogen-bond donors (Lipinski definition) is 1. The Morgan fingerprint density at radius 1 is 1.43 bits per heavy atom. The second-order valence-electron chi connectivity index (χ2n) is 4.10. The number of methoxy groups -OCH3 is 1. The highest BCUT2D eigenvalue weighted by molar-refractivity contribution is 5.03. The maximum absolute atomic E-state index is 5.75. The van der Waals surface area contributed by atoms with E-state index in [1.54, 1.807) is 0 Å². The lowest BCUT2D eigenvalue weighted by Crippen LogP contribution is -2.52. The molecular weight excluding hydrogens is 174 g/mol. The van der Waals surface area contributed by atoms with Gasteiger partial charge in [-0.05, 0) is 19.4 Å². The van der Waals surface area contributed by atoms with Crippen LogP contribution in [0.1, 0.15) is 39.0 Å². The maximum Gasteiger partial charge on any atom is 0.0866 e. The highest BCUT2D eigenvalue weighted by Gasteiger charge is 2.37. The zero-order valence-electron chi connectivity index (χ0n) is 9.51. The molecular formula is C12H23NO. The van der Waals surface area contributed by atoms with Crippen molar-refractivity contribution >= 4 is 0 Å². The molecule has 0 amide bonds. The topological polar surface area (TPSA) is 21.3 Å². The molecule has 0 saturated heterocycles. The third-order valence-electron chi connectivity index (χ3n) is 3.33. The highest BCUT2D eigenvalue weighted by Crippen LogP contribution is 2.34.